The van der Waals surface area contributed by atoms with Gasteiger partial charge in [-0.05, 0) is 6.42 Å². The second-order valence-corrected chi connectivity index (χ2v) is 3.14. The number of nitrogens with zero attached hydrogens (tertiary/aromatic N) is 1. The highest BCUT2D eigenvalue weighted by molar-refractivity contribution is 5.00. The SMILES string of the molecule is C#CC(CCC)NCC(C#N)C(F)(F)F. The second-order valence-electron chi connectivity index (χ2n) is 3.14. The van der Waals surface area contributed by atoms with E-state index in [1.165, 1.54) is 6.07 Å². The molecule has 2 atom stereocenters. The van der Waals surface area contributed by atoms with Crippen LogP contribution in [0.1, 0.15) is 19.8 Å². The average molecular weight is 218 g/mol. The molecular formula is C10H13F3N2. The van der Waals surface area contributed by atoms with Crippen LogP contribution in [0.3, 0.4) is 0 Å². The maximum atomic E-state index is 12.1. The van der Waals surface area contributed by atoms with Crippen molar-refractivity contribution >= 4 is 0 Å². The van der Waals surface area contributed by atoms with E-state index in [1.54, 1.807) is 0 Å². The largest absolute Gasteiger partial charge is 0.405 e. The molecule has 0 saturated carbocycles. The van der Waals surface area contributed by atoms with E-state index in [0.717, 1.165) is 6.42 Å². The second kappa shape index (κ2) is 6.31. The zero-order valence-electron chi connectivity index (χ0n) is 8.43. The first-order chi connectivity index (χ1) is 6.95. The van der Waals surface area contributed by atoms with Crippen molar-refractivity contribution < 1.29 is 13.2 Å². The fourth-order valence-corrected chi connectivity index (χ4v) is 1.03. The Morgan fingerprint density at radius 1 is 1.47 bits per heavy atom. The Bertz CT molecular complexity index is 259. The topological polar surface area (TPSA) is 35.8 Å². The summed E-state index contributed by atoms with van der Waals surface area (Å²) in [5, 5.41) is 10.9. The van der Waals surface area contributed by atoms with Crippen molar-refractivity contribution in [3.8, 4) is 18.4 Å². The van der Waals surface area contributed by atoms with E-state index in [4.69, 9.17) is 11.7 Å². The van der Waals surface area contributed by atoms with E-state index in [-0.39, 0.29) is 0 Å². The summed E-state index contributed by atoms with van der Waals surface area (Å²) in [6.07, 6.45) is 2.01. The fraction of sp³-hybridized carbons (Fsp3) is 0.700. The highest BCUT2D eigenvalue weighted by atomic mass is 19.4. The first-order valence-corrected chi connectivity index (χ1v) is 4.61. The summed E-state index contributed by atoms with van der Waals surface area (Å²) in [6.45, 7) is 1.44. The van der Waals surface area contributed by atoms with Crippen molar-refractivity contribution in [3.63, 3.8) is 0 Å². The van der Waals surface area contributed by atoms with Crippen molar-refractivity contribution in [2.24, 2.45) is 5.92 Å². The minimum atomic E-state index is -4.49. The molecule has 2 nitrogen and oxygen atoms in total. The lowest BCUT2D eigenvalue weighted by molar-refractivity contribution is -0.157. The molecule has 0 aromatic carbocycles. The summed E-state index contributed by atoms with van der Waals surface area (Å²) in [6, 6.07) is 0.812. The van der Waals surface area contributed by atoms with E-state index in [2.05, 4.69) is 11.2 Å². The standard InChI is InChI=1S/C10H13F3N2/c1-3-5-9(4-2)15-7-8(6-14)10(11,12)13/h2,8-9,15H,3,5,7H2,1H3. The fourth-order valence-electron chi connectivity index (χ4n) is 1.03. The first kappa shape index (κ1) is 13.8. The molecule has 0 saturated heterocycles. The number of terminal acetylenes is 1. The van der Waals surface area contributed by atoms with Gasteiger partial charge in [-0.2, -0.15) is 18.4 Å². The van der Waals surface area contributed by atoms with Crippen LogP contribution in [0.25, 0.3) is 0 Å². The van der Waals surface area contributed by atoms with Crippen molar-refractivity contribution in [1.82, 2.24) is 5.32 Å². The van der Waals surface area contributed by atoms with E-state index in [1.807, 2.05) is 6.92 Å². The minimum Gasteiger partial charge on any atom is -0.302 e. The normalized spacial score (nSPS) is 15.1. The van der Waals surface area contributed by atoms with Gasteiger partial charge in [0.25, 0.3) is 0 Å². The van der Waals surface area contributed by atoms with E-state index < -0.39 is 24.7 Å². The molecule has 0 aromatic heterocycles. The van der Waals surface area contributed by atoms with Gasteiger partial charge in [-0.1, -0.05) is 19.3 Å². The summed E-state index contributed by atoms with van der Waals surface area (Å²) in [7, 11) is 0. The van der Waals surface area contributed by atoms with Crippen LogP contribution in [-0.4, -0.2) is 18.8 Å². The van der Waals surface area contributed by atoms with Gasteiger partial charge in [0.1, 0.15) is 0 Å². The first-order valence-electron chi connectivity index (χ1n) is 4.61. The molecule has 0 aliphatic rings. The predicted molar refractivity (Wildman–Crippen MR) is 50.7 cm³/mol. The van der Waals surface area contributed by atoms with Crippen LogP contribution < -0.4 is 5.32 Å². The van der Waals surface area contributed by atoms with Crippen LogP contribution in [0.15, 0.2) is 0 Å². The Morgan fingerprint density at radius 3 is 2.40 bits per heavy atom. The molecule has 0 fully saturated rings. The number of hydrogen-bond acceptors (Lipinski definition) is 2. The maximum Gasteiger partial charge on any atom is 0.405 e. The number of halogens is 3. The van der Waals surface area contributed by atoms with Gasteiger partial charge in [0.2, 0.25) is 0 Å². The maximum absolute atomic E-state index is 12.1. The number of rotatable bonds is 5. The zero-order valence-corrected chi connectivity index (χ0v) is 8.43. The highest BCUT2D eigenvalue weighted by Crippen LogP contribution is 2.24. The van der Waals surface area contributed by atoms with Crippen molar-refractivity contribution in [2.75, 3.05) is 6.54 Å². The molecule has 5 heteroatoms. The molecule has 0 bridgehead atoms. The molecule has 84 valence electrons. The molecular weight excluding hydrogens is 205 g/mol. The lowest BCUT2D eigenvalue weighted by atomic mass is 10.1. The quantitative estimate of drug-likeness (QED) is 0.717. The van der Waals surface area contributed by atoms with Crippen LogP contribution in [0.2, 0.25) is 0 Å². The molecule has 2 unspecified atom stereocenters. The summed E-state index contributed by atoms with van der Waals surface area (Å²) in [4.78, 5) is 0. The zero-order chi connectivity index (χ0) is 11.9. The predicted octanol–water partition coefficient (Wildman–Crippen LogP) is 2.08. The lowest BCUT2D eigenvalue weighted by Gasteiger charge is -2.17. The lowest BCUT2D eigenvalue weighted by Crippen LogP contribution is -2.37. The highest BCUT2D eigenvalue weighted by Gasteiger charge is 2.39. The molecule has 0 heterocycles. The van der Waals surface area contributed by atoms with E-state index in [0.29, 0.717) is 6.42 Å². The Labute approximate surface area is 87.5 Å². The van der Waals surface area contributed by atoms with Crippen molar-refractivity contribution in [1.29, 1.82) is 5.26 Å². The molecule has 0 spiro atoms. The molecule has 0 rings (SSSR count). The number of hydrogen-bond donors (Lipinski definition) is 1. The van der Waals surface area contributed by atoms with Gasteiger partial charge in [-0.15, -0.1) is 6.42 Å². The van der Waals surface area contributed by atoms with Gasteiger partial charge in [-0.3, -0.25) is 0 Å². The van der Waals surface area contributed by atoms with Crippen LogP contribution in [0.4, 0.5) is 13.2 Å². The molecule has 0 aromatic rings. The Morgan fingerprint density at radius 2 is 2.07 bits per heavy atom. The van der Waals surface area contributed by atoms with Gasteiger partial charge in [0, 0.05) is 6.54 Å². The summed E-state index contributed by atoms with van der Waals surface area (Å²) in [5.74, 6) is 0.351. The average Bonchev–Trinajstić information content (AvgIpc) is 2.15. The smallest absolute Gasteiger partial charge is 0.302 e. The third-order valence-corrected chi connectivity index (χ3v) is 1.90. The number of nitrogens with one attached hydrogen (secondary N) is 1. The van der Waals surface area contributed by atoms with Gasteiger partial charge < -0.3 is 5.32 Å². The van der Waals surface area contributed by atoms with Gasteiger partial charge in [0.05, 0.1) is 12.1 Å². The molecule has 15 heavy (non-hydrogen) atoms. The summed E-state index contributed by atoms with van der Waals surface area (Å²) < 4.78 is 36.4. The minimum absolute atomic E-state index is 0.395. The third kappa shape index (κ3) is 5.29. The van der Waals surface area contributed by atoms with Crippen LogP contribution in [0, 0.1) is 29.6 Å². The number of alkyl halides is 3. The van der Waals surface area contributed by atoms with Gasteiger partial charge in [0.15, 0.2) is 5.92 Å². The molecule has 0 radical (unpaired) electrons. The van der Waals surface area contributed by atoms with E-state index >= 15 is 0 Å². The van der Waals surface area contributed by atoms with Crippen LogP contribution in [-0.2, 0) is 0 Å². The third-order valence-electron chi connectivity index (χ3n) is 1.90. The van der Waals surface area contributed by atoms with Gasteiger partial charge in [-0.25, -0.2) is 0 Å². The molecule has 0 aliphatic heterocycles. The Balaban J connectivity index is 4.13. The molecule has 0 amide bonds. The van der Waals surface area contributed by atoms with E-state index in [9.17, 15) is 13.2 Å². The summed E-state index contributed by atoms with van der Waals surface area (Å²) >= 11 is 0. The Kier molecular flexibility index (Phi) is 5.81. The number of nitriles is 1. The Hall–Kier alpha value is -1.20. The van der Waals surface area contributed by atoms with Crippen LogP contribution >= 0.6 is 0 Å². The van der Waals surface area contributed by atoms with Crippen molar-refractivity contribution in [3.05, 3.63) is 0 Å². The monoisotopic (exact) mass is 218 g/mol. The van der Waals surface area contributed by atoms with Gasteiger partial charge >= 0.3 is 6.18 Å². The molecule has 1 N–H and O–H groups in total. The van der Waals surface area contributed by atoms with Crippen molar-refractivity contribution in [2.45, 2.75) is 32.0 Å². The van der Waals surface area contributed by atoms with Crippen LogP contribution in [0.5, 0.6) is 0 Å². The summed E-state index contributed by atoms with van der Waals surface area (Å²) in [5.41, 5.74) is 0. The molecule has 0 aliphatic carbocycles.